The topological polar surface area (TPSA) is 167 Å². The molecular weight excluding hydrogens is 524 g/mol. The maximum absolute atomic E-state index is 14.6. The third-order valence-corrected chi connectivity index (χ3v) is 9.17. The molecule has 1 saturated carbocycles. The summed E-state index contributed by atoms with van der Waals surface area (Å²) in [6, 6.07) is 2.61. The summed E-state index contributed by atoms with van der Waals surface area (Å²) < 4.78 is 22.8. The van der Waals surface area contributed by atoms with Gasteiger partial charge >= 0.3 is 17.6 Å². The summed E-state index contributed by atoms with van der Waals surface area (Å²) in [6.45, 7) is 3.94. The van der Waals surface area contributed by atoms with Crippen LogP contribution in [-0.4, -0.2) is 53.5 Å². The monoisotopic (exact) mass is 546 g/mol. The molecule has 40 heavy (non-hydrogen) atoms. The third-order valence-electron chi connectivity index (χ3n) is 9.17. The molecule has 0 saturated heterocycles. The van der Waals surface area contributed by atoms with Gasteiger partial charge in [0.15, 0.2) is 11.6 Å². The van der Waals surface area contributed by atoms with Gasteiger partial charge in [0.1, 0.15) is 47.0 Å². The quantitative estimate of drug-likeness (QED) is 0.453. The lowest BCUT2D eigenvalue weighted by Crippen LogP contribution is -2.57. The molecule has 2 bridgehead atoms. The Morgan fingerprint density at radius 1 is 0.975 bits per heavy atom. The van der Waals surface area contributed by atoms with Crippen molar-refractivity contribution in [2.75, 3.05) is 13.7 Å². The Kier molecular flexibility index (Phi) is 4.51. The van der Waals surface area contributed by atoms with Crippen molar-refractivity contribution in [2.24, 2.45) is 11.8 Å². The molecule has 1 aromatic heterocycles. The fourth-order valence-electron chi connectivity index (χ4n) is 8.08. The van der Waals surface area contributed by atoms with Gasteiger partial charge in [-0.05, 0) is 48.2 Å². The number of methoxy groups -OCH3 is 1. The molecule has 0 amide bonds. The number of Topliss-reactive ketones (excluding diaryl/α,β-unsaturated/α-hetero) is 2. The molecule has 2 aromatic carbocycles. The highest BCUT2D eigenvalue weighted by atomic mass is 16.6. The van der Waals surface area contributed by atoms with E-state index >= 15 is 0 Å². The van der Waals surface area contributed by atoms with Crippen LogP contribution in [-0.2, 0) is 30.0 Å². The number of hydrogen-bond acceptors (Lipinski definition) is 11. The van der Waals surface area contributed by atoms with Crippen LogP contribution < -0.4 is 5.63 Å². The summed E-state index contributed by atoms with van der Waals surface area (Å²) in [7, 11) is 1.31. The molecule has 2 heterocycles. The maximum atomic E-state index is 14.6. The molecule has 0 unspecified atom stereocenters. The molecule has 1 fully saturated rings. The van der Waals surface area contributed by atoms with Gasteiger partial charge in [0.2, 0.25) is 0 Å². The molecule has 5 atom stereocenters. The Morgan fingerprint density at radius 3 is 2.35 bits per heavy atom. The number of rotatable bonds is 2. The van der Waals surface area contributed by atoms with Crippen LogP contribution in [0.4, 0.5) is 0 Å². The number of carbonyl (C=O) groups excluding carboxylic acids is 4. The molecule has 0 radical (unpaired) electrons. The minimum Gasteiger partial charge on any atom is -0.507 e. The van der Waals surface area contributed by atoms with Crippen molar-refractivity contribution in [3.63, 3.8) is 0 Å². The van der Waals surface area contributed by atoms with E-state index in [4.69, 9.17) is 18.6 Å². The average Bonchev–Trinajstić information content (AvgIpc) is 3.06. The standard InChI is InChI=1S/C29H22O11/c1-9-5-14(32)18-20-15(9)23(34)21-25(40-11(3)30)28(20,8-39-27(18)36)24-22(33)12-7-38-26(35)17-13(31)6-10(2)19(16(12)17)29(21,24)37-4/h5-7,21,24-25,31-32H,8H2,1-4H3/t21-,24+,25+,28+,29-/m0/s1. The first-order valence-corrected chi connectivity index (χ1v) is 12.6. The minimum absolute atomic E-state index is 0.0471. The van der Waals surface area contributed by atoms with Gasteiger partial charge in [-0.3, -0.25) is 14.4 Å². The third kappa shape index (κ3) is 2.40. The molecule has 4 aliphatic rings. The molecule has 7 rings (SSSR count). The first-order valence-electron chi connectivity index (χ1n) is 12.6. The summed E-state index contributed by atoms with van der Waals surface area (Å²) in [4.78, 5) is 67.6. The van der Waals surface area contributed by atoms with Gasteiger partial charge in [0, 0.05) is 25.0 Å². The van der Waals surface area contributed by atoms with E-state index < -0.39 is 76.2 Å². The van der Waals surface area contributed by atoms with Crippen LogP contribution in [0.3, 0.4) is 0 Å². The van der Waals surface area contributed by atoms with Crippen molar-refractivity contribution < 1.29 is 48.0 Å². The van der Waals surface area contributed by atoms with Crippen LogP contribution in [0.5, 0.6) is 11.5 Å². The Labute approximate surface area is 225 Å². The maximum Gasteiger partial charge on any atom is 0.347 e. The number of aromatic hydroxyl groups is 2. The van der Waals surface area contributed by atoms with Gasteiger partial charge in [-0.25, -0.2) is 9.59 Å². The molecule has 3 aliphatic carbocycles. The van der Waals surface area contributed by atoms with E-state index in [0.717, 1.165) is 13.2 Å². The van der Waals surface area contributed by atoms with E-state index in [-0.39, 0.29) is 38.6 Å². The smallest absolute Gasteiger partial charge is 0.347 e. The summed E-state index contributed by atoms with van der Waals surface area (Å²) in [6.07, 6.45) is -0.353. The number of phenolic OH excluding ortho intramolecular Hbond substituents is 2. The van der Waals surface area contributed by atoms with Crippen LogP contribution in [0, 0.1) is 25.7 Å². The molecule has 2 N–H and O–H groups in total. The van der Waals surface area contributed by atoms with E-state index in [2.05, 4.69) is 0 Å². The lowest BCUT2D eigenvalue weighted by Gasteiger charge is -2.47. The van der Waals surface area contributed by atoms with Crippen molar-refractivity contribution in [1.82, 2.24) is 0 Å². The van der Waals surface area contributed by atoms with Gasteiger partial charge in [-0.2, -0.15) is 0 Å². The summed E-state index contributed by atoms with van der Waals surface area (Å²) in [5.41, 5.74) is -3.47. The van der Waals surface area contributed by atoms with E-state index in [1.165, 1.54) is 19.2 Å². The summed E-state index contributed by atoms with van der Waals surface area (Å²) in [5, 5.41) is 21.5. The Bertz CT molecular complexity index is 1850. The number of ether oxygens (including phenoxy) is 3. The Balaban J connectivity index is 1.73. The van der Waals surface area contributed by atoms with Crippen molar-refractivity contribution in [3.8, 4) is 11.5 Å². The van der Waals surface area contributed by atoms with Crippen LogP contribution in [0.1, 0.15) is 60.3 Å². The number of phenols is 2. The van der Waals surface area contributed by atoms with Gasteiger partial charge in [0.25, 0.3) is 0 Å². The molecule has 204 valence electrons. The SMILES string of the molecule is CO[C@]12c3c(C)cc(O)c4c(=O)occ(c34)C(=O)[C@@H]1[C@@]13COC(=O)c4c(O)cc(C)c(c41)C(=O)[C@H]2[C@H]3OC(C)=O. The van der Waals surface area contributed by atoms with Crippen molar-refractivity contribution in [3.05, 3.63) is 67.8 Å². The van der Waals surface area contributed by atoms with Crippen LogP contribution in [0.2, 0.25) is 0 Å². The van der Waals surface area contributed by atoms with E-state index in [1.807, 2.05) is 0 Å². The largest absolute Gasteiger partial charge is 0.507 e. The molecule has 11 nitrogen and oxygen atoms in total. The lowest BCUT2D eigenvalue weighted by atomic mass is 9.59. The highest BCUT2D eigenvalue weighted by Crippen LogP contribution is 2.70. The Morgan fingerprint density at radius 2 is 1.68 bits per heavy atom. The number of benzene rings is 2. The van der Waals surface area contributed by atoms with Gasteiger partial charge in [-0.1, -0.05) is 0 Å². The number of carbonyl (C=O) groups is 4. The van der Waals surface area contributed by atoms with Gasteiger partial charge in [-0.15, -0.1) is 0 Å². The Hall–Kier alpha value is -4.51. The van der Waals surface area contributed by atoms with Gasteiger partial charge < -0.3 is 28.8 Å². The van der Waals surface area contributed by atoms with Crippen LogP contribution in [0.25, 0.3) is 10.8 Å². The van der Waals surface area contributed by atoms with E-state index in [0.29, 0.717) is 11.1 Å². The predicted molar refractivity (Wildman–Crippen MR) is 134 cm³/mol. The molecular formula is C29H22O11. The van der Waals surface area contributed by atoms with Crippen molar-refractivity contribution in [1.29, 1.82) is 0 Å². The summed E-state index contributed by atoms with van der Waals surface area (Å²) >= 11 is 0. The molecule has 1 aliphatic heterocycles. The first kappa shape index (κ1) is 24.5. The number of ketones is 2. The highest BCUT2D eigenvalue weighted by Gasteiger charge is 2.80. The summed E-state index contributed by atoms with van der Waals surface area (Å²) in [5.74, 6) is -6.33. The number of cyclic esters (lactones) is 1. The lowest BCUT2D eigenvalue weighted by molar-refractivity contribution is -0.154. The van der Waals surface area contributed by atoms with Crippen LogP contribution in [0.15, 0.2) is 27.6 Å². The molecule has 11 heteroatoms. The average molecular weight is 546 g/mol. The normalized spacial score (nSPS) is 29.2. The van der Waals surface area contributed by atoms with E-state index in [9.17, 15) is 34.2 Å². The second-order valence-corrected chi connectivity index (χ2v) is 10.9. The van der Waals surface area contributed by atoms with Crippen molar-refractivity contribution in [2.45, 2.75) is 37.9 Å². The fraction of sp³-hybridized carbons (Fsp3) is 0.345. The highest BCUT2D eigenvalue weighted by molar-refractivity contribution is 6.19. The minimum atomic E-state index is -1.83. The second kappa shape index (κ2) is 7.36. The van der Waals surface area contributed by atoms with Crippen LogP contribution >= 0.6 is 0 Å². The zero-order chi connectivity index (χ0) is 28.6. The van der Waals surface area contributed by atoms with Gasteiger partial charge in [0.05, 0.1) is 22.8 Å². The number of aryl methyl sites for hydroxylation is 2. The van der Waals surface area contributed by atoms with E-state index in [1.54, 1.807) is 13.8 Å². The predicted octanol–water partition coefficient (Wildman–Crippen LogP) is 2.34. The molecule has 3 aromatic rings. The second-order valence-electron chi connectivity index (χ2n) is 10.9. The fourth-order valence-corrected chi connectivity index (χ4v) is 8.08. The number of esters is 2. The number of fused-ring (bicyclic) bond motifs is 4. The van der Waals surface area contributed by atoms with Crippen molar-refractivity contribution >= 4 is 34.3 Å². The molecule has 1 spiro atoms. The first-order chi connectivity index (χ1) is 18.9. The number of hydrogen-bond donors (Lipinski definition) is 2. The zero-order valence-corrected chi connectivity index (χ0v) is 21.7. The zero-order valence-electron chi connectivity index (χ0n) is 21.7.